The van der Waals surface area contributed by atoms with Crippen LogP contribution in [0.4, 0.5) is 5.69 Å². The van der Waals surface area contributed by atoms with E-state index in [1.165, 1.54) is 0 Å². The maximum atomic E-state index is 10.2. The largest absolute Gasteiger partial charge is 0.771 e. The summed E-state index contributed by atoms with van der Waals surface area (Å²) in [5, 5.41) is 2.75. The van der Waals surface area contributed by atoms with Gasteiger partial charge in [-0.05, 0) is 28.8 Å². The molecule has 1 atom stereocenters. The minimum Gasteiger partial charge on any atom is -0.771 e. The van der Waals surface area contributed by atoms with Crippen LogP contribution < -0.4 is 5.32 Å². The second-order valence-corrected chi connectivity index (χ2v) is 3.35. The average molecular weight is 196 g/mol. The van der Waals surface area contributed by atoms with Gasteiger partial charge < -0.3 is 9.87 Å². The van der Waals surface area contributed by atoms with E-state index in [9.17, 15) is 8.76 Å². The Morgan fingerprint density at radius 2 is 2.08 bits per heavy atom. The van der Waals surface area contributed by atoms with E-state index in [-0.39, 0.29) is 5.88 Å². The van der Waals surface area contributed by atoms with Crippen LogP contribution in [0, 0.1) is 0 Å². The number of benzene rings is 1. The summed E-state index contributed by atoms with van der Waals surface area (Å²) in [7, 11) is 0. The van der Waals surface area contributed by atoms with Crippen molar-refractivity contribution in [1.29, 1.82) is 0 Å². The van der Waals surface area contributed by atoms with E-state index in [1.807, 2.05) is 24.3 Å². The highest BCUT2D eigenvalue weighted by Crippen LogP contribution is 2.09. The Hall–Kier alpha value is -1.13. The number of anilines is 1. The van der Waals surface area contributed by atoms with Gasteiger partial charge in [0.05, 0.1) is 5.88 Å². The lowest BCUT2D eigenvalue weighted by molar-refractivity contribution is 0.539. The van der Waals surface area contributed by atoms with Gasteiger partial charge in [0, 0.05) is 5.69 Å². The molecule has 0 bridgehead atoms. The molecule has 0 aliphatic carbocycles. The molecule has 0 aliphatic heterocycles. The van der Waals surface area contributed by atoms with Gasteiger partial charge >= 0.3 is 0 Å². The van der Waals surface area contributed by atoms with Gasteiger partial charge in [-0.3, -0.25) is 4.21 Å². The second-order valence-electron chi connectivity index (χ2n) is 2.45. The van der Waals surface area contributed by atoms with Gasteiger partial charge in [0.1, 0.15) is 0 Å². The quantitative estimate of drug-likeness (QED) is 0.744. The summed E-state index contributed by atoms with van der Waals surface area (Å²) in [6.07, 6.45) is 1.73. The molecule has 1 unspecified atom stereocenters. The molecule has 3 nitrogen and oxygen atoms in total. The molecule has 0 heterocycles. The van der Waals surface area contributed by atoms with Gasteiger partial charge in [-0.15, -0.1) is 0 Å². The molecule has 0 spiro atoms. The highest BCUT2D eigenvalue weighted by molar-refractivity contribution is 7.79. The normalized spacial score (nSPS) is 12.1. The molecule has 0 radical (unpaired) electrons. The molecule has 1 N–H and O–H groups in total. The molecule has 0 aromatic heterocycles. The predicted octanol–water partition coefficient (Wildman–Crippen LogP) is 1.58. The van der Waals surface area contributed by atoms with Crippen LogP contribution in [0.25, 0.3) is 6.08 Å². The maximum Gasteiger partial charge on any atom is 0.0777 e. The van der Waals surface area contributed by atoms with Crippen LogP contribution in [-0.2, 0) is 11.1 Å². The second kappa shape index (κ2) is 4.79. The fraction of sp³-hybridized carbons (Fsp3) is 0.111. The van der Waals surface area contributed by atoms with Crippen LogP contribution in [0.15, 0.2) is 30.8 Å². The Labute approximate surface area is 79.8 Å². The van der Waals surface area contributed by atoms with Crippen molar-refractivity contribution in [3.63, 3.8) is 0 Å². The first-order valence-corrected chi connectivity index (χ1v) is 4.99. The maximum absolute atomic E-state index is 10.2. The Morgan fingerprint density at radius 1 is 1.46 bits per heavy atom. The van der Waals surface area contributed by atoms with Crippen LogP contribution in [0.2, 0.25) is 0 Å². The molecule has 70 valence electrons. The number of nitrogens with one attached hydrogen (secondary N) is 1. The van der Waals surface area contributed by atoms with E-state index >= 15 is 0 Å². The molecule has 13 heavy (non-hydrogen) atoms. The third-order valence-corrected chi connectivity index (χ3v) is 1.92. The average Bonchev–Trinajstić information content (AvgIpc) is 2.15. The molecule has 4 heteroatoms. The van der Waals surface area contributed by atoms with Crippen molar-refractivity contribution in [1.82, 2.24) is 0 Å². The van der Waals surface area contributed by atoms with Crippen LogP contribution in [0.1, 0.15) is 5.56 Å². The van der Waals surface area contributed by atoms with Crippen molar-refractivity contribution < 1.29 is 8.76 Å². The fourth-order valence-corrected chi connectivity index (χ4v) is 1.16. The Balaban J connectivity index is 2.59. The van der Waals surface area contributed by atoms with E-state index in [2.05, 4.69) is 11.9 Å². The minimum atomic E-state index is -2.05. The van der Waals surface area contributed by atoms with E-state index in [1.54, 1.807) is 6.08 Å². The monoisotopic (exact) mass is 196 g/mol. The highest BCUT2D eigenvalue weighted by Gasteiger charge is 1.90. The predicted molar refractivity (Wildman–Crippen MR) is 53.9 cm³/mol. The highest BCUT2D eigenvalue weighted by atomic mass is 32.2. The Kier molecular flexibility index (Phi) is 3.67. The van der Waals surface area contributed by atoms with Gasteiger partial charge in [-0.25, -0.2) is 0 Å². The lowest BCUT2D eigenvalue weighted by Crippen LogP contribution is -2.06. The van der Waals surface area contributed by atoms with Crippen molar-refractivity contribution in [2.45, 2.75) is 0 Å². The summed E-state index contributed by atoms with van der Waals surface area (Å²) in [5.41, 5.74) is 1.79. The Bertz CT molecular complexity index is 308. The molecule has 1 aromatic carbocycles. The molecule has 0 aliphatic rings. The zero-order valence-corrected chi connectivity index (χ0v) is 7.84. The Morgan fingerprint density at radius 3 is 2.54 bits per heavy atom. The van der Waals surface area contributed by atoms with Gasteiger partial charge in [0.25, 0.3) is 0 Å². The molecular weight excluding hydrogens is 186 g/mol. The summed E-state index contributed by atoms with van der Waals surface area (Å²) in [5.74, 6) is -0.0621. The zero-order valence-electron chi connectivity index (χ0n) is 7.03. The van der Waals surface area contributed by atoms with E-state index in [0.29, 0.717) is 0 Å². The first-order valence-electron chi connectivity index (χ1n) is 3.74. The number of rotatable bonds is 4. The topological polar surface area (TPSA) is 52.2 Å². The standard InChI is InChI=1S/C9H11NO2S/c1-2-8-3-5-9(6-4-8)10-7-13(11)12/h2-6,10H,1,7H2,(H,11,12)/p-1. The smallest absolute Gasteiger partial charge is 0.0777 e. The molecule has 0 saturated carbocycles. The van der Waals surface area contributed by atoms with Gasteiger partial charge in [-0.1, -0.05) is 24.8 Å². The van der Waals surface area contributed by atoms with Crippen LogP contribution in [-0.4, -0.2) is 14.6 Å². The van der Waals surface area contributed by atoms with E-state index in [4.69, 9.17) is 0 Å². The molecule has 1 aromatic rings. The van der Waals surface area contributed by atoms with E-state index < -0.39 is 11.1 Å². The summed E-state index contributed by atoms with van der Waals surface area (Å²) in [6, 6.07) is 7.35. The summed E-state index contributed by atoms with van der Waals surface area (Å²) < 4.78 is 20.4. The minimum absolute atomic E-state index is 0.0621. The number of hydrogen-bond acceptors (Lipinski definition) is 3. The SMILES string of the molecule is C=Cc1ccc(NCS(=O)[O-])cc1. The van der Waals surface area contributed by atoms with Gasteiger partial charge in [-0.2, -0.15) is 0 Å². The molecular formula is C9H10NO2S-. The van der Waals surface area contributed by atoms with Gasteiger partial charge in [0.2, 0.25) is 0 Å². The van der Waals surface area contributed by atoms with Crippen molar-refractivity contribution in [2.24, 2.45) is 0 Å². The number of hydrogen-bond donors (Lipinski definition) is 1. The lowest BCUT2D eigenvalue weighted by atomic mass is 10.2. The zero-order chi connectivity index (χ0) is 9.68. The third kappa shape index (κ3) is 3.40. The van der Waals surface area contributed by atoms with Crippen molar-refractivity contribution >= 4 is 22.8 Å². The van der Waals surface area contributed by atoms with Crippen molar-refractivity contribution in [3.8, 4) is 0 Å². The first kappa shape index (κ1) is 9.95. The molecule has 0 fully saturated rings. The summed E-state index contributed by atoms with van der Waals surface area (Å²) in [4.78, 5) is 0. The van der Waals surface area contributed by atoms with Crippen LogP contribution >= 0.6 is 0 Å². The summed E-state index contributed by atoms with van der Waals surface area (Å²) in [6.45, 7) is 3.62. The summed E-state index contributed by atoms with van der Waals surface area (Å²) >= 11 is -2.05. The fourth-order valence-electron chi connectivity index (χ4n) is 0.879. The molecule has 0 saturated heterocycles. The van der Waals surface area contributed by atoms with Crippen LogP contribution in [0.3, 0.4) is 0 Å². The van der Waals surface area contributed by atoms with Crippen molar-refractivity contribution in [2.75, 3.05) is 11.2 Å². The van der Waals surface area contributed by atoms with Gasteiger partial charge in [0.15, 0.2) is 0 Å². The van der Waals surface area contributed by atoms with Crippen molar-refractivity contribution in [3.05, 3.63) is 36.4 Å². The molecule has 0 amide bonds. The van der Waals surface area contributed by atoms with Crippen LogP contribution in [0.5, 0.6) is 0 Å². The van der Waals surface area contributed by atoms with E-state index in [0.717, 1.165) is 11.3 Å². The first-order chi connectivity index (χ1) is 6.22. The third-order valence-electron chi connectivity index (χ3n) is 1.54. The molecule has 1 rings (SSSR count). The lowest BCUT2D eigenvalue weighted by Gasteiger charge is -2.08.